The normalized spacial score (nSPS) is 10.8. The molecule has 0 saturated carbocycles. The second kappa shape index (κ2) is 8.95. The second-order valence-electron chi connectivity index (χ2n) is 6.20. The van der Waals surface area contributed by atoms with Gasteiger partial charge in [0.15, 0.2) is 0 Å². The van der Waals surface area contributed by atoms with Crippen LogP contribution in [0.2, 0.25) is 0 Å². The molecule has 3 aromatic rings. The van der Waals surface area contributed by atoms with Crippen LogP contribution in [0.15, 0.2) is 52.1 Å². The number of hydrogen-bond donors (Lipinski definition) is 0. The molecule has 27 heavy (non-hydrogen) atoms. The summed E-state index contributed by atoms with van der Waals surface area (Å²) in [7, 11) is 1.69. The maximum atomic E-state index is 5.83. The number of hydrogen-bond acceptors (Lipinski definition) is 6. The maximum Gasteiger partial charge on any atom is 0.277 e. The van der Waals surface area contributed by atoms with Crippen LogP contribution in [0.25, 0.3) is 11.5 Å². The second-order valence-corrected chi connectivity index (χ2v) is 7.12. The van der Waals surface area contributed by atoms with Crippen molar-refractivity contribution in [3.8, 4) is 17.2 Å². The fourth-order valence-electron chi connectivity index (χ4n) is 2.95. The Morgan fingerprint density at radius 3 is 2.44 bits per heavy atom. The lowest BCUT2D eigenvalue weighted by molar-refractivity contribution is 0.411. The number of benzene rings is 2. The predicted molar refractivity (Wildman–Crippen MR) is 111 cm³/mol. The van der Waals surface area contributed by atoms with Gasteiger partial charge in [0.25, 0.3) is 5.22 Å². The highest BCUT2D eigenvalue weighted by atomic mass is 32.2. The molecule has 0 aliphatic heterocycles. The van der Waals surface area contributed by atoms with Crippen molar-refractivity contribution in [1.29, 1.82) is 0 Å². The van der Waals surface area contributed by atoms with Gasteiger partial charge in [-0.05, 0) is 51.1 Å². The van der Waals surface area contributed by atoms with Crippen LogP contribution >= 0.6 is 11.8 Å². The molecule has 1 heterocycles. The summed E-state index contributed by atoms with van der Waals surface area (Å²) in [5, 5.41) is 8.92. The summed E-state index contributed by atoms with van der Waals surface area (Å²) in [6.07, 6.45) is 0. The number of nitrogens with zero attached hydrogens (tertiary/aromatic N) is 3. The van der Waals surface area contributed by atoms with Crippen molar-refractivity contribution >= 4 is 17.4 Å². The Kier molecular flexibility index (Phi) is 6.40. The molecule has 0 aliphatic carbocycles. The summed E-state index contributed by atoms with van der Waals surface area (Å²) in [5.41, 5.74) is 4.44. The zero-order valence-electron chi connectivity index (χ0n) is 16.2. The quantitative estimate of drug-likeness (QED) is 0.499. The molecule has 0 radical (unpaired) electrons. The third-order valence-electron chi connectivity index (χ3n) is 4.44. The standard InChI is InChI=1S/C21H25N3O2S/c1-5-24(6-2)18-10-8-16(9-11-18)20-22-23-21(26-20)27-14-17-13-15(3)7-12-19(17)25-4/h7-13H,5-6,14H2,1-4H3. The van der Waals surface area contributed by atoms with Gasteiger partial charge in [-0.3, -0.25) is 0 Å². The molecule has 0 amide bonds. The molecular weight excluding hydrogens is 358 g/mol. The van der Waals surface area contributed by atoms with E-state index in [4.69, 9.17) is 9.15 Å². The van der Waals surface area contributed by atoms with Crippen LogP contribution in [0.5, 0.6) is 5.75 Å². The minimum atomic E-state index is 0.541. The molecule has 0 spiro atoms. The molecule has 0 unspecified atom stereocenters. The summed E-state index contributed by atoms with van der Waals surface area (Å²) in [4.78, 5) is 2.30. The smallest absolute Gasteiger partial charge is 0.277 e. The van der Waals surface area contributed by atoms with Gasteiger partial charge >= 0.3 is 0 Å². The van der Waals surface area contributed by atoms with E-state index in [1.54, 1.807) is 7.11 Å². The van der Waals surface area contributed by atoms with Gasteiger partial charge in [-0.2, -0.15) is 0 Å². The van der Waals surface area contributed by atoms with E-state index in [0.29, 0.717) is 16.9 Å². The van der Waals surface area contributed by atoms with Crippen molar-refractivity contribution in [3.63, 3.8) is 0 Å². The topological polar surface area (TPSA) is 51.4 Å². The molecule has 0 atom stereocenters. The third-order valence-corrected chi connectivity index (χ3v) is 5.30. The van der Waals surface area contributed by atoms with Gasteiger partial charge in [0.1, 0.15) is 5.75 Å². The number of aryl methyl sites for hydroxylation is 1. The Hall–Kier alpha value is -2.47. The summed E-state index contributed by atoms with van der Waals surface area (Å²) >= 11 is 1.51. The first-order valence-electron chi connectivity index (χ1n) is 9.09. The van der Waals surface area contributed by atoms with E-state index in [1.807, 2.05) is 24.3 Å². The largest absolute Gasteiger partial charge is 0.496 e. The van der Waals surface area contributed by atoms with Gasteiger partial charge in [0.05, 0.1) is 7.11 Å². The fraction of sp³-hybridized carbons (Fsp3) is 0.333. The minimum Gasteiger partial charge on any atom is -0.496 e. The van der Waals surface area contributed by atoms with Crippen molar-refractivity contribution in [2.45, 2.75) is 31.7 Å². The minimum absolute atomic E-state index is 0.541. The lowest BCUT2D eigenvalue weighted by Gasteiger charge is -2.20. The lowest BCUT2D eigenvalue weighted by Crippen LogP contribution is -2.21. The first-order valence-corrected chi connectivity index (χ1v) is 10.1. The van der Waals surface area contributed by atoms with Crippen LogP contribution in [-0.4, -0.2) is 30.4 Å². The molecular formula is C21H25N3O2S. The van der Waals surface area contributed by atoms with Gasteiger partial charge < -0.3 is 14.1 Å². The fourth-order valence-corrected chi connectivity index (χ4v) is 3.69. The van der Waals surface area contributed by atoms with Gasteiger partial charge in [0, 0.05) is 35.7 Å². The van der Waals surface area contributed by atoms with Crippen molar-refractivity contribution in [3.05, 3.63) is 53.6 Å². The zero-order valence-corrected chi connectivity index (χ0v) is 17.0. The number of rotatable bonds is 8. The Bertz CT molecular complexity index is 873. The van der Waals surface area contributed by atoms with E-state index in [9.17, 15) is 0 Å². The van der Waals surface area contributed by atoms with E-state index in [1.165, 1.54) is 23.0 Å². The SMILES string of the molecule is CCN(CC)c1ccc(-c2nnc(SCc3cc(C)ccc3OC)o2)cc1. The molecule has 1 aromatic heterocycles. The molecule has 0 N–H and O–H groups in total. The van der Waals surface area contributed by atoms with Gasteiger partial charge in [0.2, 0.25) is 5.89 Å². The van der Waals surface area contributed by atoms with Crippen LogP contribution in [0.4, 0.5) is 5.69 Å². The predicted octanol–water partition coefficient (Wildman–Crippen LogP) is 5.19. The Balaban J connectivity index is 1.69. The van der Waals surface area contributed by atoms with E-state index in [0.717, 1.165) is 30.0 Å². The van der Waals surface area contributed by atoms with Crippen molar-refractivity contribution < 1.29 is 9.15 Å². The van der Waals surface area contributed by atoms with Gasteiger partial charge in [-0.15, -0.1) is 10.2 Å². The molecule has 142 valence electrons. The van der Waals surface area contributed by atoms with Crippen molar-refractivity contribution in [1.82, 2.24) is 10.2 Å². The van der Waals surface area contributed by atoms with Gasteiger partial charge in [-0.25, -0.2) is 0 Å². The summed E-state index contributed by atoms with van der Waals surface area (Å²) in [6, 6.07) is 14.4. The third kappa shape index (κ3) is 4.63. The monoisotopic (exact) mass is 383 g/mol. The summed E-state index contributed by atoms with van der Waals surface area (Å²) < 4.78 is 11.3. The average Bonchev–Trinajstić information content (AvgIpc) is 3.17. The average molecular weight is 384 g/mol. The Morgan fingerprint density at radius 1 is 1.04 bits per heavy atom. The first-order chi connectivity index (χ1) is 13.1. The molecule has 5 nitrogen and oxygen atoms in total. The Morgan fingerprint density at radius 2 is 1.78 bits per heavy atom. The van der Waals surface area contributed by atoms with E-state index in [2.05, 4.69) is 54.1 Å². The number of ether oxygens (including phenoxy) is 1. The molecule has 0 saturated heterocycles. The van der Waals surface area contributed by atoms with Gasteiger partial charge in [-0.1, -0.05) is 29.5 Å². The molecule has 6 heteroatoms. The molecule has 2 aromatic carbocycles. The number of anilines is 1. The van der Waals surface area contributed by atoms with Crippen molar-refractivity contribution in [2.24, 2.45) is 0 Å². The maximum absolute atomic E-state index is 5.83. The molecule has 3 rings (SSSR count). The Labute approximate surface area is 164 Å². The molecule has 0 aliphatic rings. The summed E-state index contributed by atoms with van der Waals surface area (Å²) in [5.74, 6) is 2.13. The lowest BCUT2D eigenvalue weighted by atomic mass is 10.1. The van der Waals surface area contributed by atoms with Crippen LogP contribution in [0, 0.1) is 6.92 Å². The van der Waals surface area contributed by atoms with Crippen LogP contribution < -0.4 is 9.64 Å². The first kappa shape index (κ1) is 19.3. The highest BCUT2D eigenvalue weighted by Gasteiger charge is 2.12. The summed E-state index contributed by atoms with van der Waals surface area (Å²) in [6.45, 7) is 8.35. The highest BCUT2D eigenvalue weighted by Crippen LogP contribution is 2.30. The number of methoxy groups -OCH3 is 1. The van der Waals surface area contributed by atoms with Crippen molar-refractivity contribution in [2.75, 3.05) is 25.1 Å². The number of thioether (sulfide) groups is 1. The highest BCUT2D eigenvalue weighted by molar-refractivity contribution is 7.98. The van der Waals surface area contributed by atoms with E-state index < -0.39 is 0 Å². The molecule has 0 bridgehead atoms. The van der Waals surface area contributed by atoms with Crippen LogP contribution in [0.1, 0.15) is 25.0 Å². The van der Waals surface area contributed by atoms with E-state index in [-0.39, 0.29) is 0 Å². The number of aromatic nitrogens is 2. The van der Waals surface area contributed by atoms with Crippen LogP contribution in [0.3, 0.4) is 0 Å². The van der Waals surface area contributed by atoms with E-state index >= 15 is 0 Å². The zero-order chi connectivity index (χ0) is 19.2. The van der Waals surface area contributed by atoms with Crippen LogP contribution in [-0.2, 0) is 5.75 Å². The molecule has 0 fully saturated rings.